The molecule has 41 heavy (non-hydrogen) atoms. The molecule has 0 aromatic heterocycles. The number of ether oxygens (including phenoxy) is 1. The van der Waals surface area contributed by atoms with Crippen LogP contribution in [-0.4, -0.2) is 82.6 Å². The molecular formula is C30H43FN2O8. The Morgan fingerprint density at radius 3 is 2.59 bits per heavy atom. The van der Waals surface area contributed by atoms with Gasteiger partial charge in [-0.15, -0.1) is 0 Å². The molecule has 0 heterocycles. The maximum absolute atomic E-state index is 17.2. The van der Waals surface area contributed by atoms with Crippen LogP contribution in [0.1, 0.15) is 65.7 Å². The Kier molecular flexibility index (Phi) is 8.83. The SMILES string of the molecule is C[C@H]1C[C@@H]2[C@H]3CCC4=CC(=O)C=C[C@@]4(C)[C@]3(F)[C@H](O)C[C@@]2(C)[C@]1(O)C(=O)COC(=O)NCCC(=O)NCCCCO. The fraction of sp³-hybridized carbons (Fsp3) is 0.733. The van der Waals surface area contributed by atoms with Crippen molar-refractivity contribution in [3.8, 4) is 0 Å². The van der Waals surface area contributed by atoms with E-state index in [-0.39, 0.29) is 37.7 Å². The van der Waals surface area contributed by atoms with E-state index in [1.165, 1.54) is 12.2 Å². The lowest BCUT2D eigenvalue weighted by Crippen LogP contribution is -2.69. The normalized spacial score (nSPS) is 39.2. The van der Waals surface area contributed by atoms with Gasteiger partial charge >= 0.3 is 6.09 Å². The zero-order valence-corrected chi connectivity index (χ0v) is 24.1. The number of fused-ring (bicyclic) bond motifs is 5. The number of hydrogen-bond acceptors (Lipinski definition) is 8. The summed E-state index contributed by atoms with van der Waals surface area (Å²) in [7, 11) is 0. The first-order chi connectivity index (χ1) is 19.3. The van der Waals surface area contributed by atoms with Crippen molar-refractivity contribution in [3.63, 3.8) is 0 Å². The molecule has 3 fully saturated rings. The lowest BCUT2D eigenvalue weighted by Gasteiger charge is -2.62. The zero-order valence-electron chi connectivity index (χ0n) is 24.1. The molecule has 4 aliphatic carbocycles. The second-order valence-corrected chi connectivity index (χ2v) is 12.6. The van der Waals surface area contributed by atoms with Gasteiger partial charge in [-0.1, -0.05) is 25.5 Å². The van der Waals surface area contributed by atoms with E-state index in [0.29, 0.717) is 44.2 Å². The first-order valence-electron chi connectivity index (χ1n) is 14.6. The highest BCUT2D eigenvalue weighted by Gasteiger charge is 2.75. The molecule has 11 heteroatoms. The maximum Gasteiger partial charge on any atom is 0.407 e. The quantitative estimate of drug-likeness (QED) is 0.246. The summed E-state index contributed by atoms with van der Waals surface area (Å²) in [6, 6.07) is 0. The lowest BCUT2D eigenvalue weighted by molar-refractivity contribution is -0.219. The van der Waals surface area contributed by atoms with Gasteiger partial charge in [-0.2, -0.15) is 0 Å². The molecule has 4 aliphatic rings. The number of halogens is 1. The molecule has 0 bridgehead atoms. The van der Waals surface area contributed by atoms with Gasteiger partial charge in [0.2, 0.25) is 11.7 Å². The van der Waals surface area contributed by atoms with Crippen LogP contribution >= 0.6 is 0 Å². The van der Waals surface area contributed by atoms with Crippen LogP contribution in [0, 0.1) is 28.6 Å². The molecule has 0 aliphatic heterocycles. The predicted octanol–water partition coefficient (Wildman–Crippen LogP) is 1.91. The van der Waals surface area contributed by atoms with Gasteiger partial charge in [0.05, 0.1) is 6.10 Å². The van der Waals surface area contributed by atoms with Crippen LogP contribution in [0.4, 0.5) is 9.18 Å². The first-order valence-corrected chi connectivity index (χ1v) is 14.6. The Labute approximate surface area is 239 Å². The van der Waals surface area contributed by atoms with Crippen LogP contribution in [0.5, 0.6) is 0 Å². The van der Waals surface area contributed by atoms with Crippen molar-refractivity contribution in [2.75, 3.05) is 26.3 Å². The Bertz CT molecular complexity index is 1140. The predicted molar refractivity (Wildman–Crippen MR) is 146 cm³/mol. The van der Waals surface area contributed by atoms with Gasteiger partial charge in [0.1, 0.15) is 5.60 Å². The number of amides is 2. The van der Waals surface area contributed by atoms with E-state index in [2.05, 4.69) is 10.6 Å². The Morgan fingerprint density at radius 1 is 1.15 bits per heavy atom. The number of carbonyl (C=O) groups is 4. The number of hydrogen-bond donors (Lipinski definition) is 5. The average Bonchev–Trinajstić information content (AvgIpc) is 3.12. The van der Waals surface area contributed by atoms with Gasteiger partial charge < -0.3 is 30.7 Å². The molecule has 5 N–H and O–H groups in total. The van der Waals surface area contributed by atoms with E-state index in [4.69, 9.17) is 9.84 Å². The number of allylic oxidation sites excluding steroid dienone is 4. The minimum atomic E-state index is -2.08. The number of carbonyl (C=O) groups excluding carboxylic acids is 4. The summed E-state index contributed by atoms with van der Waals surface area (Å²) in [6.07, 6.45) is 4.24. The third kappa shape index (κ3) is 5.03. The fourth-order valence-corrected chi connectivity index (χ4v) is 8.26. The number of aliphatic hydroxyl groups excluding tert-OH is 2. The minimum Gasteiger partial charge on any atom is -0.441 e. The number of aliphatic hydroxyl groups is 3. The van der Waals surface area contributed by atoms with Crippen LogP contribution in [0.2, 0.25) is 0 Å². The van der Waals surface area contributed by atoms with E-state index < -0.39 is 64.4 Å². The van der Waals surface area contributed by atoms with E-state index >= 15 is 4.39 Å². The molecule has 228 valence electrons. The topological polar surface area (TPSA) is 162 Å². The fourth-order valence-electron chi connectivity index (χ4n) is 8.26. The van der Waals surface area contributed by atoms with Gasteiger partial charge in [-0.25, -0.2) is 9.18 Å². The molecular weight excluding hydrogens is 535 g/mol. The second-order valence-electron chi connectivity index (χ2n) is 12.6. The smallest absolute Gasteiger partial charge is 0.407 e. The molecule has 10 nitrogen and oxygen atoms in total. The van der Waals surface area contributed by atoms with Gasteiger partial charge in [-0.3, -0.25) is 14.4 Å². The van der Waals surface area contributed by atoms with Crippen LogP contribution in [0.25, 0.3) is 0 Å². The molecule has 0 unspecified atom stereocenters. The molecule has 3 saturated carbocycles. The van der Waals surface area contributed by atoms with Gasteiger partial charge in [-0.05, 0) is 69.4 Å². The highest BCUT2D eigenvalue weighted by Crippen LogP contribution is 2.70. The van der Waals surface area contributed by atoms with E-state index in [0.717, 1.165) is 0 Å². The van der Waals surface area contributed by atoms with E-state index in [9.17, 15) is 29.4 Å². The summed E-state index contributed by atoms with van der Waals surface area (Å²) in [6.45, 7) is 4.90. The van der Waals surface area contributed by atoms with Crippen LogP contribution in [-0.2, 0) is 19.1 Å². The molecule has 2 amide bonds. The van der Waals surface area contributed by atoms with Crippen molar-refractivity contribution >= 4 is 23.6 Å². The summed E-state index contributed by atoms with van der Waals surface area (Å²) in [5, 5.41) is 37.2. The summed E-state index contributed by atoms with van der Waals surface area (Å²) in [5.41, 5.74) is -5.71. The molecule has 4 rings (SSSR count). The van der Waals surface area contributed by atoms with Crippen LogP contribution in [0.3, 0.4) is 0 Å². The minimum absolute atomic E-state index is 0.00627. The second kappa shape index (κ2) is 11.6. The standard InChI is InChI=1S/C30H43FN2O8/c1-18-14-22-21-7-6-19-15-20(35)8-10-27(19,2)29(21,31)23(36)16-28(22,3)30(18,40)24(37)17-41-26(39)33-12-9-25(38)32-11-4-5-13-34/h8,10,15,18,21-23,34,36,40H,4-7,9,11-14,16-17H2,1-3H3,(H,32,38)(H,33,39)/t18-,21+,22+,23+,27+,28+,29+,30+/m0/s1. The van der Waals surface area contributed by atoms with Gasteiger partial charge in [0, 0.05) is 42.9 Å². The number of rotatable bonds is 10. The van der Waals surface area contributed by atoms with Crippen molar-refractivity contribution in [1.29, 1.82) is 0 Å². The van der Waals surface area contributed by atoms with E-state index in [1.54, 1.807) is 26.8 Å². The summed E-state index contributed by atoms with van der Waals surface area (Å²) >= 11 is 0. The molecule has 0 aromatic carbocycles. The number of nitrogens with one attached hydrogen (secondary N) is 2. The molecule has 0 spiro atoms. The number of alkyl halides is 1. The Balaban J connectivity index is 1.41. The Hall–Kier alpha value is -2.63. The zero-order chi connectivity index (χ0) is 30.2. The lowest BCUT2D eigenvalue weighted by atomic mass is 9.44. The van der Waals surface area contributed by atoms with Crippen molar-refractivity contribution in [2.45, 2.75) is 83.1 Å². The highest BCUT2D eigenvalue weighted by atomic mass is 19.1. The molecule has 0 saturated heterocycles. The number of ketones is 2. The molecule has 0 radical (unpaired) electrons. The van der Waals surface area contributed by atoms with Crippen LogP contribution in [0.15, 0.2) is 23.8 Å². The van der Waals surface area contributed by atoms with Crippen molar-refractivity contribution in [2.24, 2.45) is 28.6 Å². The summed E-state index contributed by atoms with van der Waals surface area (Å²) in [4.78, 5) is 49.5. The summed E-state index contributed by atoms with van der Waals surface area (Å²) in [5.74, 6) is -2.84. The first kappa shape index (κ1) is 31.3. The van der Waals surface area contributed by atoms with Gasteiger partial charge in [0.15, 0.2) is 18.1 Å². The summed E-state index contributed by atoms with van der Waals surface area (Å²) < 4.78 is 22.3. The Morgan fingerprint density at radius 2 is 1.88 bits per heavy atom. The third-order valence-corrected chi connectivity index (χ3v) is 10.5. The average molecular weight is 579 g/mol. The molecule has 8 atom stereocenters. The number of Topliss-reactive ketones (excluding diaryl/α,β-unsaturated/α-hetero) is 1. The van der Waals surface area contributed by atoms with Crippen molar-refractivity contribution in [3.05, 3.63) is 23.8 Å². The monoisotopic (exact) mass is 578 g/mol. The third-order valence-electron chi connectivity index (χ3n) is 10.5. The number of alkyl carbamates (subject to hydrolysis) is 1. The van der Waals surface area contributed by atoms with Crippen molar-refractivity contribution < 1.29 is 43.6 Å². The van der Waals surface area contributed by atoms with Gasteiger partial charge in [0.25, 0.3) is 0 Å². The molecule has 0 aromatic rings. The largest absolute Gasteiger partial charge is 0.441 e. The number of unbranched alkanes of at least 4 members (excludes halogenated alkanes) is 1. The van der Waals surface area contributed by atoms with Crippen molar-refractivity contribution in [1.82, 2.24) is 10.6 Å². The highest BCUT2D eigenvalue weighted by molar-refractivity contribution is 6.01. The maximum atomic E-state index is 17.2. The van der Waals surface area contributed by atoms with Crippen LogP contribution < -0.4 is 10.6 Å². The van der Waals surface area contributed by atoms with E-state index in [1.807, 2.05) is 0 Å².